The van der Waals surface area contributed by atoms with Crippen molar-refractivity contribution in [3.63, 3.8) is 0 Å². The maximum atomic E-state index is 14.7. The summed E-state index contributed by atoms with van der Waals surface area (Å²) in [5.74, 6) is -8.24. The number of epoxide rings is 1. The van der Waals surface area contributed by atoms with Crippen molar-refractivity contribution in [3.05, 3.63) is 127 Å². The fourth-order valence-corrected chi connectivity index (χ4v) is 4.45. The molecule has 0 saturated carbocycles. The molecule has 1 atom stereocenters. The minimum absolute atomic E-state index is 0. The third kappa shape index (κ3) is 8.69. The van der Waals surface area contributed by atoms with Gasteiger partial charge in [-0.05, 0) is 86.0 Å². The molecule has 1 unspecified atom stereocenters. The van der Waals surface area contributed by atoms with Gasteiger partial charge in [0.05, 0.1) is 6.61 Å². The predicted molar refractivity (Wildman–Crippen MR) is 155 cm³/mol. The quantitative estimate of drug-likeness (QED) is 0.0973. The van der Waals surface area contributed by atoms with Gasteiger partial charge in [-0.15, -0.1) is 0 Å². The van der Waals surface area contributed by atoms with Crippen LogP contribution >= 0.6 is 55.1 Å². The van der Waals surface area contributed by atoms with Gasteiger partial charge in [-0.25, -0.2) is 0 Å². The van der Waals surface area contributed by atoms with Gasteiger partial charge in [0.2, 0.25) is 5.78 Å². The molecule has 5 nitrogen and oxygen atoms in total. The van der Waals surface area contributed by atoms with Gasteiger partial charge in [0, 0.05) is 36.9 Å². The molecule has 42 heavy (non-hydrogen) atoms. The van der Waals surface area contributed by atoms with Gasteiger partial charge < -0.3 is 10.2 Å². The van der Waals surface area contributed by atoms with Crippen molar-refractivity contribution in [2.24, 2.45) is 0 Å². The summed E-state index contributed by atoms with van der Waals surface area (Å²) >= 11 is 17.8. The monoisotopic (exact) mass is 776 g/mol. The van der Waals surface area contributed by atoms with Crippen molar-refractivity contribution in [1.82, 2.24) is 9.97 Å². The van der Waals surface area contributed by atoms with E-state index in [0.717, 1.165) is 6.07 Å². The summed E-state index contributed by atoms with van der Waals surface area (Å²) in [6.07, 6.45) is 2.56. The Morgan fingerprint density at radius 2 is 1.33 bits per heavy atom. The standard InChI is InChI=1S/C14H9BrClF2NO.C13H7BrClF2NO.CH4.K.H2O/c15-10-4-5-12(19-7-10)14(17,18)13(8-20-13)9-2-1-3-11(16)6-9;14-9-4-5-11(18-7-9)13(16,17)12(19)8-2-1-3-10(15)6-8;;;/h1-7H,8H2;1-7H;1H4;;1H2/q;;;+1;/p-1. The van der Waals surface area contributed by atoms with Crippen LogP contribution in [0, 0.1) is 0 Å². The van der Waals surface area contributed by atoms with Gasteiger partial charge in [0.25, 0.3) is 0 Å². The topological polar surface area (TPSA) is 85.4 Å². The summed E-state index contributed by atoms with van der Waals surface area (Å²) in [4.78, 5) is 19.2. The Bertz CT molecular complexity index is 1500. The first kappa shape index (κ1) is 39.3. The van der Waals surface area contributed by atoms with Gasteiger partial charge in [0.1, 0.15) is 11.4 Å². The maximum absolute atomic E-state index is 14.7. The van der Waals surface area contributed by atoms with Crippen LogP contribution in [-0.2, 0) is 22.2 Å². The first-order chi connectivity index (χ1) is 18.4. The van der Waals surface area contributed by atoms with Gasteiger partial charge in [-0.2, -0.15) is 17.6 Å². The van der Waals surface area contributed by atoms with Crippen molar-refractivity contribution < 1.29 is 84.0 Å². The van der Waals surface area contributed by atoms with E-state index in [0.29, 0.717) is 19.5 Å². The van der Waals surface area contributed by atoms with E-state index in [2.05, 4.69) is 41.8 Å². The van der Waals surface area contributed by atoms with Crippen LogP contribution in [0.5, 0.6) is 0 Å². The Morgan fingerprint density at radius 1 is 0.833 bits per heavy atom. The van der Waals surface area contributed by atoms with Gasteiger partial charge in [-0.3, -0.25) is 14.8 Å². The molecule has 3 heterocycles. The van der Waals surface area contributed by atoms with Crippen LogP contribution < -0.4 is 51.4 Å². The number of carbonyl (C=O) groups excluding carboxylic acids is 1. The summed E-state index contributed by atoms with van der Waals surface area (Å²) in [7, 11) is 0. The molecule has 1 aliphatic rings. The second kappa shape index (κ2) is 16.0. The number of benzene rings is 2. The number of alkyl halides is 4. The van der Waals surface area contributed by atoms with Crippen LogP contribution in [0.25, 0.3) is 0 Å². The Labute approximate surface area is 309 Å². The zero-order valence-electron chi connectivity index (χ0n) is 21.0. The number of carbonyl (C=O) groups is 1. The molecular weight excluding hydrogens is 758 g/mol. The van der Waals surface area contributed by atoms with Gasteiger partial charge in [0.15, 0.2) is 5.60 Å². The number of ether oxygens (including phenoxy) is 1. The van der Waals surface area contributed by atoms with E-state index in [9.17, 15) is 22.4 Å². The average Bonchev–Trinajstić information content (AvgIpc) is 3.72. The average molecular weight is 779 g/mol. The molecule has 5 rings (SSSR count). The van der Waals surface area contributed by atoms with Crippen LogP contribution in [0.2, 0.25) is 10.0 Å². The molecule has 1 saturated heterocycles. The summed E-state index contributed by atoms with van der Waals surface area (Å²) in [6, 6.07) is 17.1. The Kier molecular flexibility index (Phi) is 14.9. The summed E-state index contributed by atoms with van der Waals surface area (Å²) in [6.45, 7) is -0.0575. The third-order valence-corrected chi connectivity index (χ3v) is 7.11. The van der Waals surface area contributed by atoms with E-state index in [1.54, 1.807) is 18.2 Å². The molecule has 0 bridgehead atoms. The van der Waals surface area contributed by atoms with E-state index in [4.69, 9.17) is 27.9 Å². The molecule has 1 fully saturated rings. The second-order valence-corrected chi connectivity index (χ2v) is 11.0. The molecule has 0 amide bonds. The molecule has 218 valence electrons. The maximum Gasteiger partial charge on any atom is 1.00 e. The molecule has 14 heteroatoms. The van der Waals surface area contributed by atoms with Crippen molar-refractivity contribution in [2.45, 2.75) is 24.9 Å². The molecular formula is C28H21Br2Cl2F4KN2O3. The van der Waals surface area contributed by atoms with Crippen LogP contribution in [0.1, 0.15) is 34.7 Å². The zero-order chi connectivity index (χ0) is 28.4. The number of ketones is 1. The number of Topliss-reactive ketones (excluding diaryl/α,β-unsaturated/α-hetero) is 1. The summed E-state index contributed by atoms with van der Waals surface area (Å²) in [5, 5.41) is 0.627. The minimum atomic E-state index is -3.69. The molecule has 0 aliphatic carbocycles. The van der Waals surface area contributed by atoms with Crippen molar-refractivity contribution >= 4 is 60.8 Å². The number of rotatable bonds is 6. The normalized spacial score (nSPS) is 15.5. The van der Waals surface area contributed by atoms with Crippen LogP contribution in [0.15, 0.2) is 94.1 Å². The number of nitrogens with zero attached hydrogens (tertiary/aromatic N) is 2. The van der Waals surface area contributed by atoms with Crippen LogP contribution in [-0.4, -0.2) is 27.8 Å². The number of hydrogen-bond acceptors (Lipinski definition) is 5. The first-order valence-electron chi connectivity index (χ1n) is 11.1. The zero-order valence-corrected chi connectivity index (χ0v) is 28.8. The largest absolute Gasteiger partial charge is 1.00 e. The molecule has 0 radical (unpaired) electrons. The van der Waals surface area contributed by atoms with Crippen LogP contribution in [0.4, 0.5) is 17.6 Å². The van der Waals surface area contributed by atoms with Gasteiger partial charge in [-0.1, -0.05) is 54.9 Å². The van der Waals surface area contributed by atoms with Crippen molar-refractivity contribution in [2.75, 3.05) is 6.61 Å². The van der Waals surface area contributed by atoms with Crippen molar-refractivity contribution in [1.29, 1.82) is 0 Å². The first-order valence-corrected chi connectivity index (χ1v) is 13.4. The molecule has 4 aromatic rings. The number of aromatic nitrogens is 2. The predicted octanol–water partition coefficient (Wildman–Crippen LogP) is 6.45. The van der Waals surface area contributed by atoms with E-state index in [1.165, 1.54) is 60.9 Å². The van der Waals surface area contributed by atoms with Crippen molar-refractivity contribution in [3.8, 4) is 0 Å². The van der Waals surface area contributed by atoms with E-state index in [1.807, 2.05) is 0 Å². The fraction of sp³-hybridized carbons (Fsp3) is 0.179. The van der Waals surface area contributed by atoms with E-state index < -0.39 is 28.9 Å². The Hall–Kier alpha value is -0.774. The fourth-order valence-electron chi connectivity index (χ4n) is 3.60. The van der Waals surface area contributed by atoms with E-state index in [-0.39, 0.29) is 87.2 Å². The number of pyridine rings is 2. The number of halogens is 8. The second-order valence-electron chi connectivity index (χ2n) is 8.34. The van der Waals surface area contributed by atoms with Gasteiger partial charge >= 0.3 is 63.2 Å². The molecule has 1 aliphatic heterocycles. The molecule has 2 aromatic heterocycles. The summed E-state index contributed by atoms with van der Waals surface area (Å²) in [5.41, 5.74) is -2.38. The SMILES string of the molecule is C.FC(F)(c1ccc(Br)cn1)C1(c2cccc(Cl)c2)CO1.O=C(c1cccc(Cl)c1)C(F)(F)c1ccc(Br)cn1.[K+].[OH-]. The minimum Gasteiger partial charge on any atom is -0.870 e. The Morgan fingerprint density at radius 3 is 1.79 bits per heavy atom. The smallest absolute Gasteiger partial charge is 0.870 e. The number of hydrogen-bond donors (Lipinski definition) is 0. The third-order valence-electron chi connectivity index (χ3n) is 5.70. The molecule has 1 N–H and O–H groups in total. The molecule has 0 spiro atoms. The van der Waals surface area contributed by atoms with Crippen LogP contribution in [0.3, 0.4) is 0 Å². The molecule has 2 aromatic carbocycles. The summed E-state index contributed by atoms with van der Waals surface area (Å²) < 4.78 is 63.8. The van der Waals surface area contributed by atoms with E-state index >= 15 is 0 Å². The Balaban J connectivity index is 0.000000393.